The van der Waals surface area contributed by atoms with E-state index in [4.69, 9.17) is 0 Å². The number of nitrogens with one attached hydrogen (secondary N) is 1. The van der Waals surface area contributed by atoms with E-state index in [0.29, 0.717) is 43.0 Å². The number of aromatic nitrogens is 2. The smallest absolute Gasteiger partial charge is 0.227 e. The van der Waals surface area contributed by atoms with E-state index in [2.05, 4.69) is 21.6 Å². The monoisotopic (exact) mass is 381 g/mol. The maximum atomic E-state index is 13.0. The molecule has 28 heavy (non-hydrogen) atoms. The molecule has 0 saturated carbocycles. The van der Waals surface area contributed by atoms with E-state index in [1.807, 2.05) is 18.7 Å². The third-order valence-corrected chi connectivity index (χ3v) is 5.22. The summed E-state index contributed by atoms with van der Waals surface area (Å²) in [6.07, 6.45) is 2.81. The molecule has 2 heterocycles. The quantitative estimate of drug-likeness (QED) is 0.858. The Bertz CT molecular complexity index is 883. The van der Waals surface area contributed by atoms with Crippen molar-refractivity contribution in [2.75, 3.05) is 23.3 Å². The first kappa shape index (κ1) is 19.7. The van der Waals surface area contributed by atoms with E-state index in [9.17, 15) is 14.4 Å². The molecule has 1 N–H and O–H groups in total. The molecule has 1 aromatic carbocycles. The fourth-order valence-electron chi connectivity index (χ4n) is 3.63. The van der Waals surface area contributed by atoms with Gasteiger partial charge in [0.2, 0.25) is 5.91 Å². The molecule has 2 aromatic rings. The number of nitrogens with zero attached hydrogens (tertiary/aromatic N) is 4. The van der Waals surface area contributed by atoms with Crippen LogP contribution < -0.4 is 10.2 Å². The number of halogens is 1. The van der Waals surface area contributed by atoms with Crippen LogP contribution in [0.1, 0.15) is 43.5 Å². The van der Waals surface area contributed by atoms with Gasteiger partial charge in [-0.25, -0.2) is 4.39 Å². The molecule has 1 aromatic heterocycles. The van der Waals surface area contributed by atoms with Crippen molar-refractivity contribution in [1.29, 1.82) is 5.26 Å². The van der Waals surface area contributed by atoms with E-state index < -0.39 is 0 Å². The van der Waals surface area contributed by atoms with Crippen molar-refractivity contribution < 1.29 is 9.18 Å². The molecule has 1 amide bonds. The van der Waals surface area contributed by atoms with Crippen molar-refractivity contribution in [3.05, 3.63) is 46.9 Å². The van der Waals surface area contributed by atoms with E-state index in [-0.39, 0.29) is 17.6 Å². The van der Waals surface area contributed by atoms with Crippen molar-refractivity contribution in [3.8, 4) is 6.07 Å². The normalized spacial score (nSPS) is 14.6. The molecule has 1 aliphatic rings. The van der Waals surface area contributed by atoms with Gasteiger partial charge in [0, 0.05) is 24.7 Å². The Kier molecular flexibility index (Phi) is 6.19. The number of benzene rings is 1. The summed E-state index contributed by atoms with van der Waals surface area (Å²) in [6, 6.07) is 8.06. The maximum absolute atomic E-state index is 13.0. The zero-order chi connectivity index (χ0) is 20.1. The van der Waals surface area contributed by atoms with Gasteiger partial charge in [0.25, 0.3) is 0 Å². The Morgan fingerprint density at radius 2 is 1.89 bits per heavy atom. The highest BCUT2D eigenvalue weighted by Gasteiger charge is 2.28. The van der Waals surface area contributed by atoms with E-state index in [1.165, 1.54) is 12.1 Å². The highest BCUT2D eigenvalue weighted by atomic mass is 19.1. The first-order chi connectivity index (χ1) is 13.6. The summed E-state index contributed by atoms with van der Waals surface area (Å²) < 4.78 is 13.0. The van der Waals surface area contributed by atoms with Crippen LogP contribution in [0.4, 0.5) is 15.9 Å². The number of piperidine rings is 1. The van der Waals surface area contributed by atoms with E-state index in [0.717, 1.165) is 24.1 Å². The summed E-state index contributed by atoms with van der Waals surface area (Å²) in [5.41, 5.74) is 3.03. The van der Waals surface area contributed by atoms with Crippen LogP contribution in [0.2, 0.25) is 0 Å². The molecule has 1 aliphatic heterocycles. The van der Waals surface area contributed by atoms with Gasteiger partial charge in [0.15, 0.2) is 5.82 Å². The number of anilines is 2. The first-order valence-electron chi connectivity index (χ1n) is 9.67. The number of carbonyl (C=O) groups is 1. The molecule has 7 heteroatoms. The zero-order valence-electron chi connectivity index (χ0n) is 16.2. The lowest BCUT2D eigenvalue weighted by Gasteiger charge is -2.32. The summed E-state index contributed by atoms with van der Waals surface area (Å²) in [4.78, 5) is 14.5. The SMILES string of the molecule is CCc1nnc(N2CCC(C(=O)Nc3ccc(F)cc3)CC2)c(C#N)c1CC. The zero-order valence-corrected chi connectivity index (χ0v) is 16.2. The number of hydrogen-bond donors (Lipinski definition) is 1. The van der Waals surface area contributed by atoms with Gasteiger partial charge in [-0.1, -0.05) is 13.8 Å². The summed E-state index contributed by atoms with van der Waals surface area (Å²) in [7, 11) is 0. The number of hydrogen-bond acceptors (Lipinski definition) is 5. The Labute approximate surface area is 164 Å². The van der Waals surface area contributed by atoms with Crippen molar-refractivity contribution in [2.24, 2.45) is 5.92 Å². The molecule has 0 atom stereocenters. The van der Waals surface area contributed by atoms with E-state index >= 15 is 0 Å². The lowest BCUT2D eigenvalue weighted by molar-refractivity contribution is -0.120. The predicted molar refractivity (Wildman–Crippen MR) is 105 cm³/mol. The number of carbonyl (C=O) groups excluding carboxylic acids is 1. The number of rotatable bonds is 5. The van der Waals surface area contributed by atoms with Crippen molar-refractivity contribution in [1.82, 2.24) is 10.2 Å². The molecule has 3 rings (SSSR count). The average Bonchev–Trinajstić information content (AvgIpc) is 2.74. The van der Waals surface area contributed by atoms with Gasteiger partial charge < -0.3 is 10.2 Å². The second-order valence-corrected chi connectivity index (χ2v) is 6.90. The van der Waals surface area contributed by atoms with Crippen LogP contribution >= 0.6 is 0 Å². The molecule has 0 radical (unpaired) electrons. The van der Waals surface area contributed by atoms with Gasteiger partial charge in [-0.3, -0.25) is 4.79 Å². The number of aryl methyl sites for hydroxylation is 1. The highest BCUT2D eigenvalue weighted by molar-refractivity contribution is 5.92. The fraction of sp³-hybridized carbons (Fsp3) is 0.429. The van der Waals surface area contributed by atoms with Gasteiger partial charge in [-0.15, -0.1) is 5.10 Å². The second kappa shape index (κ2) is 8.79. The highest BCUT2D eigenvalue weighted by Crippen LogP contribution is 2.28. The van der Waals surface area contributed by atoms with Gasteiger partial charge in [0.1, 0.15) is 17.4 Å². The molecule has 1 fully saturated rings. The van der Waals surface area contributed by atoms with Crippen LogP contribution in [0, 0.1) is 23.1 Å². The van der Waals surface area contributed by atoms with Crippen molar-refractivity contribution in [2.45, 2.75) is 39.5 Å². The minimum Gasteiger partial charge on any atom is -0.354 e. The third-order valence-electron chi connectivity index (χ3n) is 5.22. The predicted octanol–water partition coefficient (Wildman–Crippen LogP) is 3.47. The summed E-state index contributed by atoms with van der Waals surface area (Å²) in [6.45, 7) is 5.31. The number of nitriles is 1. The van der Waals surface area contributed by atoms with Gasteiger partial charge in [0.05, 0.1) is 5.69 Å². The summed E-state index contributed by atoms with van der Waals surface area (Å²) in [5, 5.41) is 21.1. The first-order valence-corrected chi connectivity index (χ1v) is 9.67. The fourth-order valence-corrected chi connectivity index (χ4v) is 3.63. The Morgan fingerprint density at radius 3 is 2.46 bits per heavy atom. The molecule has 146 valence electrons. The lowest BCUT2D eigenvalue weighted by Crippen LogP contribution is -2.39. The standard InChI is InChI=1S/C21H24FN5O/c1-3-17-18(13-23)20(26-25-19(17)4-2)27-11-9-14(10-12-27)21(28)24-16-7-5-15(22)6-8-16/h5-8,14H,3-4,9-12H2,1-2H3,(H,24,28). The molecule has 6 nitrogen and oxygen atoms in total. The minimum absolute atomic E-state index is 0.0616. The minimum atomic E-state index is -0.332. The lowest BCUT2D eigenvalue weighted by atomic mass is 9.95. The second-order valence-electron chi connectivity index (χ2n) is 6.90. The molecule has 0 aliphatic carbocycles. The Balaban J connectivity index is 1.68. The molecule has 0 unspecified atom stereocenters. The van der Waals surface area contributed by atoms with E-state index in [1.54, 1.807) is 12.1 Å². The average molecular weight is 381 g/mol. The van der Waals surface area contributed by atoms with Crippen LogP contribution in [0.3, 0.4) is 0 Å². The van der Waals surface area contributed by atoms with Crippen LogP contribution in [-0.4, -0.2) is 29.2 Å². The summed E-state index contributed by atoms with van der Waals surface area (Å²) >= 11 is 0. The Hall–Kier alpha value is -3.01. The molecule has 1 saturated heterocycles. The van der Waals surface area contributed by atoms with Crippen LogP contribution in [0.5, 0.6) is 0 Å². The topological polar surface area (TPSA) is 81.9 Å². The van der Waals surface area contributed by atoms with Crippen LogP contribution in [0.25, 0.3) is 0 Å². The summed E-state index contributed by atoms with van der Waals surface area (Å²) in [5.74, 6) is 0.101. The van der Waals surface area contributed by atoms with Gasteiger partial charge in [-0.05, 0) is 55.5 Å². The van der Waals surface area contributed by atoms with Crippen LogP contribution in [0.15, 0.2) is 24.3 Å². The van der Waals surface area contributed by atoms with Crippen molar-refractivity contribution >= 4 is 17.4 Å². The van der Waals surface area contributed by atoms with Crippen LogP contribution in [-0.2, 0) is 17.6 Å². The van der Waals surface area contributed by atoms with Gasteiger partial charge >= 0.3 is 0 Å². The number of amides is 1. The molecular weight excluding hydrogens is 357 g/mol. The third kappa shape index (κ3) is 4.11. The Morgan fingerprint density at radius 1 is 1.21 bits per heavy atom. The maximum Gasteiger partial charge on any atom is 0.227 e. The molecule has 0 bridgehead atoms. The van der Waals surface area contributed by atoms with Gasteiger partial charge in [-0.2, -0.15) is 10.4 Å². The molecular formula is C21H24FN5O. The largest absolute Gasteiger partial charge is 0.354 e. The van der Waals surface area contributed by atoms with Crippen molar-refractivity contribution in [3.63, 3.8) is 0 Å². The molecule has 0 spiro atoms.